The van der Waals surface area contributed by atoms with Crippen LogP contribution in [0.15, 0.2) is 133 Å². The summed E-state index contributed by atoms with van der Waals surface area (Å²) in [7, 11) is 3.32. The van der Waals surface area contributed by atoms with Crippen LogP contribution in [0.25, 0.3) is 17.2 Å². The Balaban J connectivity index is 1.25. The van der Waals surface area contributed by atoms with Crippen LogP contribution in [0.3, 0.4) is 0 Å². The molecule has 0 radical (unpaired) electrons. The van der Waals surface area contributed by atoms with Crippen molar-refractivity contribution in [3.05, 3.63) is 139 Å². The Bertz CT molecular complexity index is 1580. The fourth-order valence-corrected chi connectivity index (χ4v) is 4.56. The molecule has 6 nitrogen and oxygen atoms in total. The maximum Gasteiger partial charge on any atom is 0.330 e. The van der Waals surface area contributed by atoms with E-state index in [1.165, 1.54) is 6.08 Å². The Morgan fingerprint density at radius 1 is 0.605 bits per heavy atom. The third-order valence-electron chi connectivity index (χ3n) is 6.76. The number of rotatable bonds is 12. The third-order valence-corrected chi connectivity index (χ3v) is 6.76. The fraction of sp³-hybridized carbons (Fsp3) is 0.108. The van der Waals surface area contributed by atoms with Gasteiger partial charge < -0.3 is 23.8 Å². The first-order valence-corrected chi connectivity index (χ1v) is 13.9. The molecule has 0 saturated carbocycles. The summed E-state index contributed by atoms with van der Waals surface area (Å²) in [5.41, 5.74) is 6.03. The van der Waals surface area contributed by atoms with Gasteiger partial charge in [-0.2, -0.15) is 0 Å². The number of carbonyl (C=O) groups is 1. The standard InChI is InChI=1S/C37H33NO5/c1-40-34-20-16-32(17-21-34)38(33-18-22-35(41-2)23-19-33)31-14-12-29(13-15-31)30-9-6-10-36(27-30)42-25-26-43-37(39)24-11-28-7-4-3-5-8-28/h3-24,27H,25-26H2,1-2H3/b24-11+. The maximum atomic E-state index is 12.0. The van der Waals surface area contributed by atoms with Crippen LogP contribution in [0.2, 0.25) is 0 Å². The van der Waals surface area contributed by atoms with E-state index in [1.807, 2.05) is 103 Å². The highest BCUT2D eigenvalue weighted by atomic mass is 16.6. The van der Waals surface area contributed by atoms with E-state index >= 15 is 0 Å². The van der Waals surface area contributed by atoms with Gasteiger partial charge in [-0.05, 0) is 95.6 Å². The molecule has 216 valence electrons. The Hall–Kier alpha value is -5.49. The topological polar surface area (TPSA) is 57.2 Å². The van der Waals surface area contributed by atoms with Crippen LogP contribution in [0, 0.1) is 0 Å². The van der Waals surface area contributed by atoms with Crippen molar-refractivity contribution in [3.8, 4) is 28.4 Å². The van der Waals surface area contributed by atoms with Crippen LogP contribution < -0.4 is 19.1 Å². The first kappa shape index (κ1) is 29.0. The van der Waals surface area contributed by atoms with E-state index in [9.17, 15) is 4.79 Å². The summed E-state index contributed by atoms with van der Waals surface area (Å²) in [4.78, 5) is 14.2. The van der Waals surface area contributed by atoms with Gasteiger partial charge in [0.2, 0.25) is 0 Å². The molecule has 0 heterocycles. The molecular formula is C37H33NO5. The van der Waals surface area contributed by atoms with Gasteiger partial charge in [-0.1, -0.05) is 54.6 Å². The second-order valence-corrected chi connectivity index (χ2v) is 9.57. The van der Waals surface area contributed by atoms with Crippen molar-refractivity contribution in [3.63, 3.8) is 0 Å². The van der Waals surface area contributed by atoms with Crippen LogP contribution >= 0.6 is 0 Å². The van der Waals surface area contributed by atoms with E-state index in [-0.39, 0.29) is 13.2 Å². The zero-order chi connectivity index (χ0) is 29.9. The van der Waals surface area contributed by atoms with Gasteiger partial charge in [0.15, 0.2) is 0 Å². The number of nitrogens with zero attached hydrogens (tertiary/aromatic N) is 1. The van der Waals surface area contributed by atoms with Gasteiger partial charge in [-0.25, -0.2) is 4.79 Å². The van der Waals surface area contributed by atoms with Crippen LogP contribution in [-0.2, 0) is 9.53 Å². The summed E-state index contributed by atoms with van der Waals surface area (Å²) >= 11 is 0. The lowest BCUT2D eigenvalue weighted by atomic mass is 10.0. The van der Waals surface area contributed by atoms with Crippen LogP contribution in [0.1, 0.15) is 5.56 Å². The molecule has 0 fully saturated rings. The van der Waals surface area contributed by atoms with E-state index in [0.29, 0.717) is 5.75 Å². The quantitative estimate of drug-likeness (QED) is 0.0851. The van der Waals surface area contributed by atoms with E-state index in [4.69, 9.17) is 18.9 Å². The molecule has 5 aromatic carbocycles. The van der Waals surface area contributed by atoms with Gasteiger partial charge in [0.1, 0.15) is 30.5 Å². The van der Waals surface area contributed by atoms with E-state index in [0.717, 1.165) is 45.3 Å². The summed E-state index contributed by atoms with van der Waals surface area (Å²) in [5, 5.41) is 0. The molecule has 0 aliphatic carbocycles. The molecule has 0 aliphatic heterocycles. The molecule has 0 spiro atoms. The molecule has 0 aliphatic rings. The highest BCUT2D eigenvalue weighted by molar-refractivity contribution is 5.87. The summed E-state index contributed by atoms with van der Waals surface area (Å²) in [6.45, 7) is 0.412. The smallest absolute Gasteiger partial charge is 0.330 e. The maximum absolute atomic E-state index is 12.0. The Labute approximate surface area is 252 Å². The number of esters is 1. The minimum atomic E-state index is -0.403. The Kier molecular flexibility index (Phi) is 9.73. The number of carbonyl (C=O) groups excluding carboxylic acids is 1. The van der Waals surface area contributed by atoms with Gasteiger partial charge in [0.05, 0.1) is 14.2 Å². The largest absolute Gasteiger partial charge is 0.497 e. The van der Waals surface area contributed by atoms with Gasteiger partial charge in [0, 0.05) is 23.1 Å². The van der Waals surface area contributed by atoms with Crippen LogP contribution in [-0.4, -0.2) is 33.4 Å². The van der Waals surface area contributed by atoms with Crippen LogP contribution in [0.5, 0.6) is 17.2 Å². The lowest BCUT2D eigenvalue weighted by Gasteiger charge is -2.26. The molecule has 0 amide bonds. The van der Waals surface area contributed by atoms with Crippen molar-refractivity contribution >= 4 is 29.1 Å². The normalized spacial score (nSPS) is 10.7. The van der Waals surface area contributed by atoms with Crippen molar-refractivity contribution in [1.29, 1.82) is 0 Å². The summed E-state index contributed by atoms with van der Waals surface area (Å²) < 4.78 is 21.9. The van der Waals surface area contributed by atoms with Crippen molar-refractivity contribution < 1.29 is 23.7 Å². The molecule has 5 aromatic rings. The lowest BCUT2D eigenvalue weighted by Crippen LogP contribution is -2.10. The first-order valence-electron chi connectivity index (χ1n) is 13.9. The number of benzene rings is 5. The van der Waals surface area contributed by atoms with Crippen molar-refractivity contribution in [2.75, 3.05) is 32.3 Å². The molecule has 6 heteroatoms. The molecule has 43 heavy (non-hydrogen) atoms. The van der Waals surface area contributed by atoms with E-state index < -0.39 is 5.97 Å². The molecular weight excluding hydrogens is 538 g/mol. The molecule has 0 atom stereocenters. The predicted octanol–water partition coefficient (Wildman–Crippen LogP) is 8.48. The lowest BCUT2D eigenvalue weighted by molar-refractivity contribution is -0.138. The highest BCUT2D eigenvalue weighted by Crippen LogP contribution is 2.37. The monoisotopic (exact) mass is 571 g/mol. The first-order chi connectivity index (χ1) is 21.1. The van der Waals surface area contributed by atoms with E-state index in [1.54, 1.807) is 20.3 Å². The molecule has 0 bridgehead atoms. The summed E-state index contributed by atoms with van der Waals surface area (Å²) in [6.07, 6.45) is 3.15. The van der Waals surface area contributed by atoms with Gasteiger partial charge in [-0.15, -0.1) is 0 Å². The summed E-state index contributed by atoms with van der Waals surface area (Å²) in [5.74, 6) is 1.90. The number of hydrogen-bond acceptors (Lipinski definition) is 6. The van der Waals surface area contributed by atoms with Gasteiger partial charge in [0.25, 0.3) is 0 Å². The number of anilines is 3. The highest BCUT2D eigenvalue weighted by Gasteiger charge is 2.13. The molecule has 0 saturated heterocycles. The predicted molar refractivity (Wildman–Crippen MR) is 172 cm³/mol. The van der Waals surface area contributed by atoms with Crippen molar-refractivity contribution in [1.82, 2.24) is 0 Å². The molecule has 0 aromatic heterocycles. The van der Waals surface area contributed by atoms with Crippen LogP contribution in [0.4, 0.5) is 17.1 Å². The Morgan fingerprint density at radius 3 is 1.77 bits per heavy atom. The average molecular weight is 572 g/mol. The number of hydrogen-bond donors (Lipinski definition) is 0. The number of ether oxygens (including phenoxy) is 4. The third kappa shape index (κ3) is 7.83. The minimum absolute atomic E-state index is 0.156. The molecule has 0 unspecified atom stereocenters. The zero-order valence-electron chi connectivity index (χ0n) is 24.2. The van der Waals surface area contributed by atoms with Crippen molar-refractivity contribution in [2.24, 2.45) is 0 Å². The average Bonchev–Trinajstić information content (AvgIpc) is 3.07. The molecule has 0 N–H and O–H groups in total. The van der Waals surface area contributed by atoms with E-state index in [2.05, 4.69) is 29.2 Å². The SMILES string of the molecule is COc1ccc(N(c2ccc(OC)cc2)c2ccc(-c3cccc(OCCOC(=O)/C=C/c4ccccc4)c3)cc2)cc1. The fourth-order valence-electron chi connectivity index (χ4n) is 4.56. The summed E-state index contributed by atoms with van der Waals surface area (Å²) in [6, 6.07) is 41.8. The second kappa shape index (κ2) is 14.4. The second-order valence-electron chi connectivity index (χ2n) is 9.57. The van der Waals surface area contributed by atoms with Gasteiger partial charge >= 0.3 is 5.97 Å². The minimum Gasteiger partial charge on any atom is -0.497 e. The van der Waals surface area contributed by atoms with Gasteiger partial charge in [-0.3, -0.25) is 0 Å². The number of methoxy groups -OCH3 is 2. The van der Waals surface area contributed by atoms with Crippen molar-refractivity contribution in [2.45, 2.75) is 0 Å². The Morgan fingerprint density at radius 2 is 1.19 bits per heavy atom. The molecule has 5 rings (SSSR count). The zero-order valence-corrected chi connectivity index (χ0v) is 24.2.